The number of ether oxygens (including phenoxy) is 1. The van der Waals surface area contributed by atoms with Crippen LogP contribution in [0.15, 0.2) is 24.3 Å². The van der Waals surface area contributed by atoms with Gasteiger partial charge in [-0.05, 0) is 24.6 Å². The average molecular weight is 414 g/mol. The van der Waals surface area contributed by atoms with Gasteiger partial charge in [-0.15, -0.1) is 0 Å². The van der Waals surface area contributed by atoms with Crippen molar-refractivity contribution in [2.75, 3.05) is 17.3 Å². The van der Waals surface area contributed by atoms with Crippen molar-refractivity contribution in [3.05, 3.63) is 29.3 Å². The molecule has 0 aliphatic carbocycles. The molecule has 1 amide bonds. The summed E-state index contributed by atoms with van der Waals surface area (Å²) in [5.74, 6) is 0.433. The standard InChI is InChI=1S/C13H16Br2ClNO2/c1-2-13(8-14,9-15)17-12(18)7-19-11-5-3-4-10(16)6-11/h3-6H,2,7-9H2,1H3,(H,17,18). The van der Waals surface area contributed by atoms with Crippen molar-refractivity contribution in [2.24, 2.45) is 0 Å². The normalized spacial score (nSPS) is 11.2. The van der Waals surface area contributed by atoms with E-state index in [0.29, 0.717) is 21.4 Å². The number of alkyl halides is 2. The van der Waals surface area contributed by atoms with Crippen LogP contribution < -0.4 is 10.1 Å². The molecule has 0 aromatic heterocycles. The third-order valence-electron chi connectivity index (χ3n) is 2.76. The molecule has 0 radical (unpaired) electrons. The predicted molar refractivity (Wildman–Crippen MR) is 85.7 cm³/mol. The largest absolute Gasteiger partial charge is 0.484 e. The Hall–Kier alpha value is -0.260. The first-order valence-electron chi connectivity index (χ1n) is 5.86. The van der Waals surface area contributed by atoms with E-state index in [1.165, 1.54) is 0 Å². The molecule has 0 saturated carbocycles. The van der Waals surface area contributed by atoms with Crippen molar-refractivity contribution in [1.29, 1.82) is 0 Å². The second-order valence-corrected chi connectivity index (χ2v) is 5.75. The van der Waals surface area contributed by atoms with Gasteiger partial charge in [-0.3, -0.25) is 4.79 Å². The Balaban J connectivity index is 2.52. The second kappa shape index (κ2) is 8.12. The lowest BCUT2D eigenvalue weighted by Gasteiger charge is -2.29. The molecule has 0 aliphatic rings. The van der Waals surface area contributed by atoms with Crippen molar-refractivity contribution < 1.29 is 9.53 Å². The van der Waals surface area contributed by atoms with Gasteiger partial charge < -0.3 is 10.1 Å². The first-order chi connectivity index (χ1) is 9.05. The molecule has 19 heavy (non-hydrogen) atoms. The monoisotopic (exact) mass is 411 g/mol. The minimum Gasteiger partial charge on any atom is -0.484 e. The van der Waals surface area contributed by atoms with E-state index < -0.39 is 0 Å². The Morgan fingerprint density at radius 1 is 1.42 bits per heavy atom. The van der Waals surface area contributed by atoms with Gasteiger partial charge in [0.2, 0.25) is 0 Å². The van der Waals surface area contributed by atoms with Crippen LogP contribution in [0.4, 0.5) is 0 Å². The van der Waals surface area contributed by atoms with Crippen molar-refractivity contribution in [3.63, 3.8) is 0 Å². The molecular weight excluding hydrogens is 397 g/mol. The van der Waals surface area contributed by atoms with Crippen LogP contribution in [0.5, 0.6) is 5.75 Å². The van der Waals surface area contributed by atoms with Crippen LogP contribution in [0.25, 0.3) is 0 Å². The first-order valence-corrected chi connectivity index (χ1v) is 8.48. The SMILES string of the molecule is CCC(CBr)(CBr)NC(=O)COc1cccc(Cl)c1. The van der Waals surface area contributed by atoms with Crippen molar-refractivity contribution in [1.82, 2.24) is 5.32 Å². The summed E-state index contributed by atoms with van der Waals surface area (Å²) in [7, 11) is 0. The van der Waals surface area contributed by atoms with E-state index in [-0.39, 0.29) is 18.1 Å². The molecule has 0 heterocycles. The zero-order valence-corrected chi connectivity index (χ0v) is 14.5. The van der Waals surface area contributed by atoms with Gasteiger partial charge >= 0.3 is 0 Å². The minimum atomic E-state index is -0.283. The summed E-state index contributed by atoms with van der Waals surface area (Å²) in [5, 5.41) is 4.93. The number of hydrogen-bond acceptors (Lipinski definition) is 2. The molecule has 0 fully saturated rings. The van der Waals surface area contributed by atoms with Crippen molar-refractivity contribution >= 4 is 49.4 Å². The maximum Gasteiger partial charge on any atom is 0.258 e. The lowest BCUT2D eigenvalue weighted by atomic mass is 10.0. The highest BCUT2D eigenvalue weighted by Gasteiger charge is 2.27. The molecule has 1 N–H and O–H groups in total. The zero-order valence-electron chi connectivity index (χ0n) is 10.6. The fraction of sp³-hybridized carbons (Fsp3) is 0.462. The number of benzene rings is 1. The van der Waals surface area contributed by atoms with E-state index in [2.05, 4.69) is 37.2 Å². The van der Waals surface area contributed by atoms with E-state index in [1.54, 1.807) is 24.3 Å². The predicted octanol–water partition coefficient (Wildman–Crippen LogP) is 3.77. The third kappa shape index (κ3) is 5.32. The van der Waals surface area contributed by atoms with Crippen LogP contribution in [-0.4, -0.2) is 28.7 Å². The van der Waals surface area contributed by atoms with E-state index in [4.69, 9.17) is 16.3 Å². The molecule has 0 saturated heterocycles. The number of carbonyl (C=O) groups excluding carboxylic acids is 1. The molecular formula is C13H16Br2ClNO2. The number of hydrogen-bond donors (Lipinski definition) is 1. The molecule has 0 aliphatic heterocycles. The van der Waals surface area contributed by atoms with Crippen LogP contribution in [0.2, 0.25) is 5.02 Å². The first kappa shape index (κ1) is 16.8. The van der Waals surface area contributed by atoms with Gasteiger partial charge in [0.25, 0.3) is 5.91 Å². The van der Waals surface area contributed by atoms with Gasteiger partial charge in [0.15, 0.2) is 6.61 Å². The number of carbonyl (C=O) groups is 1. The number of amides is 1. The molecule has 1 aromatic rings. The van der Waals surface area contributed by atoms with Crippen molar-refractivity contribution in [2.45, 2.75) is 18.9 Å². The van der Waals surface area contributed by atoms with Gasteiger partial charge in [-0.25, -0.2) is 0 Å². The average Bonchev–Trinajstić information content (AvgIpc) is 2.43. The number of rotatable bonds is 7. The highest BCUT2D eigenvalue weighted by Crippen LogP contribution is 2.18. The maximum absolute atomic E-state index is 11.9. The fourth-order valence-electron chi connectivity index (χ4n) is 1.42. The smallest absolute Gasteiger partial charge is 0.258 e. The fourth-order valence-corrected chi connectivity index (χ4v) is 3.60. The summed E-state index contributed by atoms with van der Waals surface area (Å²) in [5.41, 5.74) is -0.283. The Bertz CT molecular complexity index is 417. The van der Waals surface area contributed by atoms with Gasteiger partial charge in [0.1, 0.15) is 5.75 Å². The molecule has 0 spiro atoms. The van der Waals surface area contributed by atoms with E-state index in [0.717, 1.165) is 6.42 Å². The second-order valence-electron chi connectivity index (χ2n) is 4.20. The van der Waals surface area contributed by atoms with Gasteiger partial charge in [-0.1, -0.05) is 56.5 Å². The highest BCUT2D eigenvalue weighted by atomic mass is 79.9. The third-order valence-corrected chi connectivity index (χ3v) is 5.14. The van der Waals surface area contributed by atoms with Crippen LogP contribution in [0.1, 0.15) is 13.3 Å². The minimum absolute atomic E-state index is 0.0257. The van der Waals surface area contributed by atoms with Crippen LogP contribution in [0.3, 0.4) is 0 Å². The topological polar surface area (TPSA) is 38.3 Å². The molecule has 6 heteroatoms. The van der Waals surface area contributed by atoms with Gasteiger partial charge in [0, 0.05) is 15.7 Å². The Labute approximate surface area is 135 Å². The van der Waals surface area contributed by atoms with E-state index in [1.807, 2.05) is 6.92 Å². The molecule has 0 bridgehead atoms. The summed E-state index contributed by atoms with van der Waals surface area (Å²) in [6, 6.07) is 6.98. The summed E-state index contributed by atoms with van der Waals surface area (Å²) >= 11 is 12.7. The number of halogens is 3. The molecule has 106 valence electrons. The lowest BCUT2D eigenvalue weighted by molar-refractivity contribution is -0.124. The van der Waals surface area contributed by atoms with Crippen molar-refractivity contribution in [3.8, 4) is 5.75 Å². The summed E-state index contributed by atoms with van der Waals surface area (Å²) in [4.78, 5) is 11.9. The quantitative estimate of drug-likeness (QED) is 0.691. The summed E-state index contributed by atoms with van der Waals surface area (Å²) < 4.78 is 5.40. The van der Waals surface area contributed by atoms with Crippen LogP contribution in [-0.2, 0) is 4.79 Å². The summed E-state index contributed by atoms with van der Waals surface area (Å²) in [6.45, 7) is 2.00. The summed E-state index contributed by atoms with van der Waals surface area (Å²) in [6.07, 6.45) is 0.826. The lowest BCUT2D eigenvalue weighted by Crippen LogP contribution is -2.52. The van der Waals surface area contributed by atoms with E-state index >= 15 is 0 Å². The van der Waals surface area contributed by atoms with Crippen LogP contribution in [0, 0.1) is 0 Å². The number of nitrogens with one attached hydrogen (secondary N) is 1. The molecule has 0 unspecified atom stereocenters. The zero-order chi connectivity index (χ0) is 14.3. The maximum atomic E-state index is 11.9. The Morgan fingerprint density at radius 3 is 2.63 bits per heavy atom. The molecule has 0 atom stereocenters. The molecule has 3 nitrogen and oxygen atoms in total. The van der Waals surface area contributed by atoms with Gasteiger partial charge in [0.05, 0.1) is 5.54 Å². The van der Waals surface area contributed by atoms with Crippen LogP contribution >= 0.6 is 43.5 Å². The Kier molecular flexibility index (Phi) is 7.18. The molecule has 1 aromatic carbocycles. The Morgan fingerprint density at radius 2 is 2.11 bits per heavy atom. The van der Waals surface area contributed by atoms with E-state index in [9.17, 15) is 4.79 Å². The molecule has 1 rings (SSSR count). The van der Waals surface area contributed by atoms with Gasteiger partial charge in [-0.2, -0.15) is 0 Å². The highest BCUT2D eigenvalue weighted by molar-refractivity contribution is 9.09.